The summed E-state index contributed by atoms with van der Waals surface area (Å²) < 4.78 is 2.37. The second-order valence-corrected chi connectivity index (χ2v) is 5.76. The summed E-state index contributed by atoms with van der Waals surface area (Å²) in [6, 6.07) is 8.42. The molecular weight excluding hydrogens is 260 g/mol. The number of fused-ring (bicyclic) bond motifs is 1. The molecule has 1 aromatic heterocycles. The third-order valence-corrected chi connectivity index (χ3v) is 3.87. The Hall–Kier alpha value is -1.39. The number of aryl methyl sites for hydroxylation is 1. The highest BCUT2D eigenvalue weighted by Gasteiger charge is 2.11. The molecule has 2 N–H and O–H groups in total. The second kappa shape index (κ2) is 8.15. The Bertz CT molecular complexity index is 547. The zero-order valence-corrected chi connectivity index (χ0v) is 13.4. The van der Waals surface area contributed by atoms with Crippen molar-refractivity contribution in [1.82, 2.24) is 14.5 Å². The predicted molar refractivity (Wildman–Crippen MR) is 89.3 cm³/mol. The summed E-state index contributed by atoms with van der Waals surface area (Å²) in [5, 5.41) is 0. The zero-order chi connectivity index (χ0) is 15.1. The number of nitrogens with two attached hydrogens (primary N) is 1. The summed E-state index contributed by atoms with van der Waals surface area (Å²) in [6.45, 7) is 6.04. The van der Waals surface area contributed by atoms with Crippen LogP contribution in [0.2, 0.25) is 0 Å². The van der Waals surface area contributed by atoms with E-state index in [9.17, 15) is 0 Å². The molecule has 0 atom stereocenters. The first-order chi connectivity index (χ1) is 10.3. The largest absolute Gasteiger partial charge is 0.330 e. The molecule has 0 saturated heterocycles. The van der Waals surface area contributed by atoms with E-state index in [0.717, 1.165) is 44.5 Å². The van der Waals surface area contributed by atoms with Crippen LogP contribution in [0.3, 0.4) is 0 Å². The van der Waals surface area contributed by atoms with Crippen molar-refractivity contribution in [3.63, 3.8) is 0 Å². The van der Waals surface area contributed by atoms with Crippen LogP contribution in [0.15, 0.2) is 24.3 Å². The lowest BCUT2D eigenvalue weighted by Crippen LogP contribution is -2.21. The third kappa shape index (κ3) is 4.29. The molecule has 0 aliphatic heterocycles. The minimum atomic E-state index is 0.762. The van der Waals surface area contributed by atoms with Gasteiger partial charge in [0.05, 0.1) is 17.6 Å². The average Bonchev–Trinajstić information content (AvgIpc) is 2.83. The van der Waals surface area contributed by atoms with Crippen molar-refractivity contribution < 1.29 is 0 Å². The normalized spacial score (nSPS) is 11.6. The number of nitrogens with zero attached hydrogens (tertiary/aromatic N) is 3. The average molecular weight is 288 g/mol. The first-order valence-electron chi connectivity index (χ1n) is 8.09. The number of unbranched alkanes of at least 4 members (excludes halogenated alkanes) is 2. The molecule has 116 valence electrons. The molecule has 0 bridgehead atoms. The van der Waals surface area contributed by atoms with Crippen LogP contribution in [0.25, 0.3) is 11.0 Å². The van der Waals surface area contributed by atoms with Crippen molar-refractivity contribution in [3.8, 4) is 0 Å². The molecule has 0 fully saturated rings. The van der Waals surface area contributed by atoms with Gasteiger partial charge in [0, 0.05) is 6.54 Å². The summed E-state index contributed by atoms with van der Waals surface area (Å²) >= 11 is 0. The summed E-state index contributed by atoms with van der Waals surface area (Å²) in [7, 11) is 2.18. The van der Waals surface area contributed by atoms with Gasteiger partial charge in [-0.25, -0.2) is 4.98 Å². The van der Waals surface area contributed by atoms with E-state index >= 15 is 0 Å². The van der Waals surface area contributed by atoms with Crippen LogP contribution in [0.1, 0.15) is 38.4 Å². The van der Waals surface area contributed by atoms with Gasteiger partial charge in [0.2, 0.25) is 0 Å². The van der Waals surface area contributed by atoms with Gasteiger partial charge in [0.1, 0.15) is 5.82 Å². The van der Waals surface area contributed by atoms with Gasteiger partial charge in [-0.05, 0) is 51.5 Å². The number of hydrogen-bond acceptors (Lipinski definition) is 3. The number of imidazole rings is 1. The molecule has 0 radical (unpaired) electrons. The molecule has 1 aromatic carbocycles. The topological polar surface area (TPSA) is 47.1 Å². The Morgan fingerprint density at radius 3 is 2.76 bits per heavy atom. The monoisotopic (exact) mass is 288 g/mol. The maximum Gasteiger partial charge on any atom is 0.124 e. The van der Waals surface area contributed by atoms with Crippen molar-refractivity contribution >= 4 is 11.0 Å². The zero-order valence-electron chi connectivity index (χ0n) is 13.4. The number of para-hydroxylation sites is 2. The van der Waals surface area contributed by atoms with Crippen LogP contribution in [0.5, 0.6) is 0 Å². The van der Waals surface area contributed by atoms with Gasteiger partial charge < -0.3 is 10.3 Å². The molecular formula is C17H28N4. The molecule has 0 aliphatic rings. The summed E-state index contributed by atoms with van der Waals surface area (Å²) in [4.78, 5) is 7.19. The number of hydrogen-bond donors (Lipinski definition) is 1. The molecule has 0 aliphatic carbocycles. The molecule has 0 amide bonds. The fourth-order valence-electron chi connectivity index (χ4n) is 2.66. The van der Waals surface area contributed by atoms with Crippen LogP contribution in [0, 0.1) is 0 Å². The SMILES string of the molecule is CCCCN(C)Cc1nc2ccccc2n1CCCCN. The Morgan fingerprint density at radius 1 is 1.19 bits per heavy atom. The van der Waals surface area contributed by atoms with Gasteiger partial charge in [-0.15, -0.1) is 0 Å². The van der Waals surface area contributed by atoms with E-state index in [-0.39, 0.29) is 0 Å². The van der Waals surface area contributed by atoms with Crippen molar-refractivity contribution in [3.05, 3.63) is 30.1 Å². The second-order valence-electron chi connectivity index (χ2n) is 5.76. The first kappa shape index (κ1) is 16.0. The lowest BCUT2D eigenvalue weighted by Gasteiger charge is -2.17. The van der Waals surface area contributed by atoms with E-state index in [0.29, 0.717) is 0 Å². The minimum Gasteiger partial charge on any atom is -0.330 e. The van der Waals surface area contributed by atoms with E-state index in [1.165, 1.54) is 24.2 Å². The van der Waals surface area contributed by atoms with E-state index in [4.69, 9.17) is 10.7 Å². The number of rotatable bonds is 9. The molecule has 2 rings (SSSR count). The van der Waals surface area contributed by atoms with Crippen LogP contribution in [0.4, 0.5) is 0 Å². The molecule has 1 heterocycles. The van der Waals surface area contributed by atoms with E-state index in [1.54, 1.807) is 0 Å². The fourth-order valence-corrected chi connectivity index (χ4v) is 2.66. The third-order valence-electron chi connectivity index (χ3n) is 3.87. The molecule has 0 spiro atoms. The number of benzene rings is 1. The molecule has 4 nitrogen and oxygen atoms in total. The van der Waals surface area contributed by atoms with Gasteiger partial charge in [0.15, 0.2) is 0 Å². The highest BCUT2D eigenvalue weighted by atomic mass is 15.2. The van der Waals surface area contributed by atoms with Crippen molar-refractivity contribution in [2.75, 3.05) is 20.1 Å². The van der Waals surface area contributed by atoms with Crippen LogP contribution in [-0.2, 0) is 13.1 Å². The predicted octanol–water partition coefficient (Wildman–Crippen LogP) is 3.01. The Balaban J connectivity index is 2.17. The van der Waals surface area contributed by atoms with E-state index in [2.05, 4.69) is 47.7 Å². The van der Waals surface area contributed by atoms with Crippen LogP contribution in [-0.4, -0.2) is 34.6 Å². The Kier molecular flexibility index (Phi) is 6.21. The number of aromatic nitrogens is 2. The Morgan fingerprint density at radius 2 is 2.00 bits per heavy atom. The summed E-state index contributed by atoms with van der Waals surface area (Å²) in [5.74, 6) is 1.17. The molecule has 4 heteroatoms. The smallest absolute Gasteiger partial charge is 0.124 e. The first-order valence-corrected chi connectivity index (χ1v) is 8.09. The lowest BCUT2D eigenvalue weighted by atomic mass is 10.3. The summed E-state index contributed by atoms with van der Waals surface area (Å²) in [5.41, 5.74) is 7.97. The van der Waals surface area contributed by atoms with Crippen molar-refractivity contribution in [2.24, 2.45) is 5.73 Å². The molecule has 21 heavy (non-hydrogen) atoms. The van der Waals surface area contributed by atoms with Crippen molar-refractivity contribution in [1.29, 1.82) is 0 Å². The lowest BCUT2D eigenvalue weighted by molar-refractivity contribution is 0.307. The van der Waals surface area contributed by atoms with Gasteiger partial charge in [-0.3, -0.25) is 4.90 Å². The van der Waals surface area contributed by atoms with Crippen LogP contribution < -0.4 is 5.73 Å². The molecule has 0 saturated carbocycles. The quantitative estimate of drug-likeness (QED) is 0.722. The standard InChI is InChI=1S/C17H28N4/c1-3-4-12-20(2)14-17-19-15-9-5-6-10-16(15)21(17)13-8-7-11-18/h5-6,9-10H,3-4,7-8,11-14,18H2,1-2H3. The van der Waals surface area contributed by atoms with Gasteiger partial charge >= 0.3 is 0 Å². The Labute approximate surface area is 128 Å². The molecule has 2 aromatic rings. The van der Waals surface area contributed by atoms with Gasteiger partial charge in [-0.2, -0.15) is 0 Å². The fraction of sp³-hybridized carbons (Fsp3) is 0.588. The van der Waals surface area contributed by atoms with Crippen molar-refractivity contribution in [2.45, 2.75) is 45.7 Å². The maximum absolute atomic E-state index is 5.62. The van der Waals surface area contributed by atoms with Crippen LogP contribution >= 0.6 is 0 Å². The van der Waals surface area contributed by atoms with E-state index < -0.39 is 0 Å². The highest BCUT2D eigenvalue weighted by molar-refractivity contribution is 5.75. The highest BCUT2D eigenvalue weighted by Crippen LogP contribution is 2.18. The maximum atomic E-state index is 5.62. The minimum absolute atomic E-state index is 0.762. The van der Waals surface area contributed by atoms with Gasteiger partial charge in [0.25, 0.3) is 0 Å². The van der Waals surface area contributed by atoms with Gasteiger partial charge in [-0.1, -0.05) is 25.5 Å². The van der Waals surface area contributed by atoms with E-state index in [1.807, 2.05) is 0 Å². The summed E-state index contributed by atoms with van der Waals surface area (Å²) in [6.07, 6.45) is 4.65. The molecule has 0 unspecified atom stereocenters.